The largest absolute Gasteiger partial charge is 0.381 e. The zero-order valence-corrected chi connectivity index (χ0v) is 12.1. The van der Waals surface area contributed by atoms with Crippen LogP contribution in [-0.4, -0.2) is 26.7 Å². The van der Waals surface area contributed by atoms with Gasteiger partial charge in [0.2, 0.25) is 0 Å². The molecule has 2 aliphatic carbocycles. The van der Waals surface area contributed by atoms with Crippen molar-refractivity contribution in [2.75, 3.05) is 5.73 Å². The molecular weight excluding hydrogens is 252 g/mol. The van der Waals surface area contributed by atoms with Crippen LogP contribution in [0.1, 0.15) is 69.4 Å². The molecule has 1 atom stereocenters. The number of rotatable bonds is 3. The Bertz CT molecular complexity index is 488. The molecule has 1 aromatic rings. The topological polar surface area (TPSA) is 66.0 Å². The van der Waals surface area contributed by atoms with Crippen LogP contribution < -0.4 is 5.73 Å². The van der Waals surface area contributed by atoms with Crippen LogP contribution in [0.4, 0.5) is 5.82 Å². The molecule has 1 aliphatic heterocycles. The summed E-state index contributed by atoms with van der Waals surface area (Å²) in [5, 5.41) is 8.29. The van der Waals surface area contributed by atoms with Crippen LogP contribution in [0.2, 0.25) is 0 Å². The molecule has 1 unspecified atom stereocenters. The standard InChI is InChI=1S/C15H24N4O/c16-14-13(11-4-5-11)19(18-17-14)10-12-6-9-15(20-12)7-2-1-3-8-15/h11-12H,1-10,16H2. The van der Waals surface area contributed by atoms with Crippen molar-refractivity contribution < 1.29 is 4.74 Å². The molecule has 4 rings (SSSR count). The molecule has 5 heteroatoms. The summed E-state index contributed by atoms with van der Waals surface area (Å²) in [4.78, 5) is 0. The normalized spacial score (nSPS) is 29.1. The molecule has 3 aliphatic rings. The summed E-state index contributed by atoms with van der Waals surface area (Å²) in [6.07, 6.45) is 11.7. The first-order chi connectivity index (χ1) is 9.76. The Morgan fingerprint density at radius 1 is 1.15 bits per heavy atom. The van der Waals surface area contributed by atoms with Crippen molar-refractivity contribution in [2.24, 2.45) is 0 Å². The van der Waals surface area contributed by atoms with Crippen LogP contribution in [-0.2, 0) is 11.3 Å². The molecule has 1 spiro atoms. The van der Waals surface area contributed by atoms with Gasteiger partial charge in [0, 0.05) is 5.92 Å². The SMILES string of the molecule is Nc1nnn(CC2CCC3(CCCCC3)O2)c1C1CC1. The zero-order valence-electron chi connectivity index (χ0n) is 12.1. The van der Waals surface area contributed by atoms with Gasteiger partial charge in [-0.05, 0) is 38.5 Å². The molecule has 2 heterocycles. The van der Waals surface area contributed by atoms with Crippen LogP contribution in [0.15, 0.2) is 0 Å². The van der Waals surface area contributed by atoms with Crippen LogP contribution in [0.25, 0.3) is 0 Å². The third-order valence-corrected chi connectivity index (χ3v) is 5.24. The zero-order chi connectivity index (χ0) is 13.6. The summed E-state index contributed by atoms with van der Waals surface area (Å²) >= 11 is 0. The first kappa shape index (κ1) is 12.6. The van der Waals surface area contributed by atoms with Gasteiger partial charge in [0.1, 0.15) is 0 Å². The number of ether oxygens (including phenoxy) is 1. The van der Waals surface area contributed by atoms with Gasteiger partial charge in [-0.25, -0.2) is 4.68 Å². The van der Waals surface area contributed by atoms with E-state index in [-0.39, 0.29) is 5.60 Å². The molecule has 1 saturated heterocycles. The predicted molar refractivity (Wildman–Crippen MR) is 76.3 cm³/mol. The Hall–Kier alpha value is -1.10. The van der Waals surface area contributed by atoms with Gasteiger partial charge in [-0.2, -0.15) is 0 Å². The molecule has 0 amide bonds. The average molecular weight is 276 g/mol. The highest BCUT2D eigenvalue weighted by Gasteiger charge is 2.41. The summed E-state index contributed by atoms with van der Waals surface area (Å²) < 4.78 is 8.44. The first-order valence-corrected chi connectivity index (χ1v) is 8.12. The lowest BCUT2D eigenvalue weighted by atomic mass is 9.83. The minimum atomic E-state index is 0.189. The van der Waals surface area contributed by atoms with Gasteiger partial charge in [-0.3, -0.25) is 0 Å². The van der Waals surface area contributed by atoms with Crippen LogP contribution in [0, 0.1) is 0 Å². The summed E-state index contributed by atoms with van der Waals surface area (Å²) in [5.74, 6) is 1.22. The predicted octanol–water partition coefficient (Wildman–Crippen LogP) is 2.62. The minimum absolute atomic E-state index is 0.189. The minimum Gasteiger partial charge on any atom is -0.381 e. The third kappa shape index (κ3) is 2.22. The number of nitrogens with zero attached hydrogens (tertiary/aromatic N) is 3. The lowest BCUT2D eigenvalue weighted by Crippen LogP contribution is -2.32. The van der Waals surface area contributed by atoms with Gasteiger partial charge in [0.25, 0.3) is 0 Å². The quantitative estimate of drug-likeness (QED) is 0.921. The number of nitrogens with two attached hydrogens (primary N) is 1. The number of nitrogen functional groups attached to an aromatic ring is 1. The highest BCUT2D eigenvalue weighted by molar-refractivity contribution is 5.38. The van der Waals surface area contributed by atoms with Crippen molar-refractivity contribution in [1.29, 1.82) is 0 Å². The average Bonchev–Trinajstić information content (AvgIpc) is 3.13. The van der Waals surface area contributed by atoms with Crippen molar-refractivity contribution in [1.82, 2.24) is 15.0 Å². The monoisotopic (exact) mass is 276 g/mol. The van der Waals surface area contributed by atoms with Gasteiger partial charge in [-0.15, -0.1) is 5.10 Å². The number of aromatic nitrogens is 3. The van der Waals surface area contributed by atoms with Crippen molar-refractivity contribution >= 4 is 5.82 Å². The van der Waals surface area contributed by atoms with Crippen molar-refractivity contribution in [2.45, 2.75) is 82.0 Å². The Morgan fingerprint density at radius 3 is 2.70 bits per heavy atom. The van der Waals surface area contributed by atoms with E-state index < -0.39 is 0 Å². The lowest BCUT2D eigenvalue weighted by molar-refractivity contribution is -0.0691. The first-order valence-electron chi connectivity index (χ1n) is 8.12. The summed E-state index contributed by atoms with van der Waals surface area (Å²) in [6, 6.07) is 0. The van der Waals surface area contributed by atoms with E-state index in [1.807, 2.05) is 4.68 Å². The van der Waals surface area contributed by atoms with E-state index in [1.54, 1.807) is 0 Å². The fourth-order valence-electron chi connectivity index (χ4n) is 4.03. The highest BCUT2D eigenvalue weighted by Crippen LogP contribution is 2.44. The smallest absolute Gasteiger partial charge is 0.169 e. The van der Waals surface area contributed by atoms with E-state index in [0.717, 1.165) is 18.7 Å². The Balaban J connectivity index is 1.45. The van der Waals surface area contributed by atoms with Crippen LogP contribution >= 0.6 is 0 Å². The van der Waals surface area contributed by atoms with Gasteiger partial charge < -0.3 is 10.5 Å². The molecule has 5 nitrogen and oxygen atoms in total. The van der Waals surface area contributed by atoms with Gasteiger partial charge in [-0.1, -0.05) is 24.5 Å². The molecular formula is C15H24N4O. The molecule has 20 heavy (non-hydrogen) atoms. The van der Waals surface area contributed by atoms with Crippen LogP contribution in [0.3, 0.4) is 0 Å². The van der Waals surface area contributed by atoms with E-state index in [0.29, 0.717) is 17.8 Å². The molecule has 2 N–H and O–H groups in total. The van der Waals surface area contributed by atoms with Gasteiger partial charge >= 0.3 is 0 Å². The Kier molecular flexibility index (Phi) is 2.98. The van der Waals surface area contributed by atoms with Crippen molar-refractivity contribution in [3.05, 3.63) is 5.69 Å². The second-order valence-electron chi connectivity index (χ2n) is 6.84. The third-order valence-electron chi connectivity index (χ3n) is 5.24. The van der Waals surface area contributed by atoms with Crippen LogP contribution in [0.5, 0.6) is 0 Å². The highest BCUT2D eigenvalue weighted by atomic mass is 16.5. The van der Waals surface area contributed by atoms with E-state index in [2.05, 4.69) is 10.3 Å². The van der Waals surface area contributed by atoms with E-state index in [4.69, 9.17) is 10.5 Å². The summed E-state index contributed by atoms with van der Waals surface area (Å²) in [7, 11) is 0. The summed E-state index contributed by atoms with van der Waals surface area (Å²) in [5.41, 5.74) is 7.30. The molecule has 1 aromatic heterocycles. The van der Waals surface area contributed by atoms with Gasteiger partial charge in [0.05, 0.1) is 23.9 Å². The van der Waals surface area contributed by atoms with Crippen molar-refractivity contribution in [3.63, 3.8) is 0 Å². The van der Waals surface area contributed by atoms with E-state index in [9.17, 15) is 0 Å². The van der Waals surface area contributed by atoms with E-state index in [1.165, 1.54) is 51.4 Å². The molecule has 2 saturated carbocycles. The summed E-state index contributed by atoms with van der Waals surface area (Å²) in [6.45, 7) is 0.831. The van der Waals surface area contributed by atoms with E-state index >= 15 is 0 Å². The second kappa shape index (κ2) is 4.72. The Labute approximate surface area is 119 Å². The second-order valence-corrected chi connectivity index (χ2v) is 6.84. The fourth-order valence-corrected chi connectivity index (χ4v) is 4.03. The maximum atomic E-state index is 6.43. The number of hydrogen-bond donors (Lipinski definition) is 1. The molecule has 0 bridgehead atoms. The number of anilines is 1. The lowest BCUT2D eigenvalue weighted by Gasteiger charge is -2.33. The maximum absolute atomic E-state index is 6.43. The Morgan fingerprint density at radius 2 is 1.95 bits per heavy atom. The number of hydrogen-bond acceptors (Lipinski definition) is 4. The molecule has 3 fully saturated rings. The van der Waals surface area contributed by atoms with Gasteiger partial charge in [0.15, 0.2) is 5.82 Å². The fraction of sp³-hybridized carbons (Fsp3) is 0.867. The maximum Gasteiger partial charge on any atom is 0.169 e. The van der Waals surface area contributed by atoms with Crippen molar-refractivity contribution in [3.8, 4) is 0 Å². The molecule has 0 aromatic carbocycles. The molecule has 0 radical (unpaired) electrons. The molecule has 110 valence electrons.